The van der Waals surface area contributed by atoms with Crippen molar-refractivity contribution in [3.05, 3.63) is 65.2 Å². The lowest BCUT2D eigenvalue weighted by Crippen LogP contribution is -2.55. The maximum Gasteiger partial charge on any atom is 0.252 e. The van der Waals surface area contributed by atoms with Gasteiger partial charge in [-0.25, -0.2) is 0 Å². The first-order valence-electron chi connectivity index (χ1n) is 10.8. The van der Waals surface area contributed by atoms with E-state index in [0.717, 1.165) is 18.7 Å². The largest absolute Gasteiger partial charge is 0.368 e. The Morgan fingerprint density at radius 1 is 0.900 bits per heavy atom. The van der Waals surface area contributed by atoms with Gasteiger partial charge in [-0.05, 0) is 49.4 Å². The van der Waals surface area contributed by atoms with Crippen LogP contribution in [0.1, 0.15) is 41.8 Å². The van der Waals surface area contributed by atoms with Crippen molar-refractivity contribution in [2.75, 3.05) is 31.1 Å². The lowest BCUT2D eigenvalue weighted by Gasteiger charge is -2.38. The number of benzene rings is 2. The Balaban J connectivity index is 1.66. The molecule has 1 aliphatic rings. The molecule has 5 heteroatoms. The van der Waals surface area contributed by atoms with Crippen molar-refractivity contribution >= 4 is 17.5 Å². The van der Waals surface area contributed by atoms with Crippen LogP contribution in [0.4, 0.5) is 5.69 Å². The number of nitrogens with zero attached hydrogens (tertiary/aromatic N) is 2. The minimum Gasteiger partial charge on any atom is -0.368 e. The average Bonchev–Trinajstić information content (AvgIpc) is 2.73. The second-order valence-electron chi connectivity index (χ2n) is 8.57. The van der Waals surface area contributed by atoms with E-state index in [1.165, 1.54) is 11.3 Å². The molecule has 0 radical (unpaired) electrons. The summed E-state index contributed by atoms with van der Waals surface area (Å²) in [6, 6.07) is 15.3. The van der Waals surface area contributed by atoms with Crippen molar-refractivity contribution in [1.82, 2.24) is 10.2 Å². The standard InChI is InChI=1S/C25H33N3O2/c1-18(2)17-22(26-24(29)21-11-7-5-9-19(21)3)25(30)28-15-13-27(14-16-28)23-12-8-6-10-20(23)4/h5-12,18,22H,13-17H2,1-4H3,(H,26,29)/t22-/m0/s1. The lowest BCUT2D eigenvalue weighted by molar-refractivity contribution is -0.134. The van der Waals surface area contributed by atoms with Gasteiger partial charge in [-0.3, -0.25) is 9.59 Å². The molecule has 160 valence electrons. The first kappa shape index (κ1) is 21.9. The van der Waals surface area contributed by atoms with E-state index < -0.39 is 6.04 Å². The average molecular weight is 408 g/mol. The van der Waals surface area contributed by atoms with Gasteiger partial charge in [-0.1, -0.05) is 50.2 Å². The molecule has 2 amide bonds. The molecule has 30 heavy (non-hydrogen) atoms. The molecule has 1 heterocycles. The molecular formula is C25H33N3O2. The van der Waals surface area contributed by atoms with Gasteiger partial charge in [0, 0.05) is 37.4 Å². The summed E-state index contributed by atoms with van der Waals surface area (Å²) in [4.78, 5) is 30.4. The van der Waals surface area contributed by atoms with Crippen LogP contribution in [0.2, 0.25) is 0 Å². The predicted molar refractivity (Wildman–Crippen MR) is 122 cm³/mol. The normalized spacial score (nSPS) is 15.2. The zero-order valence-corrected chi connectivity index (χ0v) is 18.5. The van der Waals surface area contributed by atoms with Gasteiger partial charge in [0.1, 0.15) is 6.04 Å². The third kappa shape index (κ3) is 5.21. The Hall–Kier alpha value is -2.82. The fraction of sp³-hybridized carbons (Fsp3) is 0.440. The molecule has 1 saturated heterocycles. The SMILES string of the molecule is Cc1ccccc1C(=O)N[C@@H](CC(C)C)C(=O)N1CCN(c2ccccc2C)CC1. The quantitative estimate of drug-likeness (QED) is 0.793. The second kappa shape index (κ2) is 9.79. The Morgan fingerprint density at radius 3 is 2.10 bits per heavy atom. The third-order valence-electron chi connectivity index (χ3n) is 5.75. The Morgan fingerprint density at radius 2 is 1.50 bits per heavy atom. The van der Waals surface area contributed by atoms with Crippen molar-refractivity contribution < 1.29 is 9.59 Å². The molecule has 1 aliphatic heterocycles. The van der Waals surface area contributed by atoms with Crippen molar-refractivity contribution in [1.29, 1.82) is 0 Å². The highest BCUT2D eigenvalue weighted by Gasteiger charge is 2.30. The number of carbonyl (C=O) groups is 2. The lowest BCUT2D eigenvalue weighted by atomic mass is 10.0. The van der Waals surface area contributed by atoms with E-state index in [9.17, 15) is 9.59 Å². The van der Waals surface area contributed by atoms with Crippen LogP contribution in [0.5, 0.6) is 0 Å². The van der Waals surface area contributed by atoms with Crippen LogP contribution in [-0.4, -0.2) is 48.9 Å². The molecule has 2 aromatic carbocycles. The van der Waals surface area contributed by atoms with E-state index in [1.54, 1.807) is 0 Å². The predicted octanol–water partition coefficient (Wildman–Crippen LogP) is 3.80. The molecule has 0 aromatic heterocycles. The highest BCUT2D eigenvalue weighted by molar-refractivity contribution is 5.98. The van der Waals surface area contributed by atoms with Crippen LogP contribution in [0, 0.1) is 19.8 Å². The molecule has 2 aromatic rings. The van der Waals surface area contributed by atoms with Gasteiger partial charge in [0.2, 0.25) is 5.91 Å². The number of nitrogens with one attached hydrogen (secondary N) is 1. The van der Waals surface area contributed by atoms with Crippen LogP contribution in [0.25, 0.3) is 0 Å². The van der Waals surface area contributed by atoms with E-state index in [1.807, 2.05) is 42.2 Å². The van der Waals surface area contributed by atoms with Crippen LogP contribution in [-0.2, 0) is 4.79 Å². The van der Waals surface area contributed by atoms with E-state index in [4.69, 9.17) is 0 Å². The van der Waals surface area contributed by atoms with Gasteiger partial charge < -0.3 is 15.1 Å². The van der Waals surface area contributed by atoms with Crippen LogP contribution >= 0.6 is 0 Å². The summed E-state index contributed by atoms with van der Waals surface area (Å²) in [5, 5.41) is 3.01. The van der Waals surface area contributed by atoms with Gasteiger partial charge >= 0.3 is 0 Å². The zero-order chi connectivity index (χ0) is 21.7. The summed E-state index contributed by atoms with van der Waals surface area (Å²) in [6.45, 7) is 11.1. The smallest absolute Gasteiger partial charge is 0.252 e. The van der Waals surface area contributed by atoms with E-state index in [0.29, 0.717) is 31.0 Å². The highest BCUT2D eigenvalue weighted by atomic mass is 16.2. The number of amides is 2. The van der Waals surface area contributed by atoms with Gasteiger partial charge in [0.15, 0.2) is 0 Å². The molecule has 0 saturated carbocycles. The highest BCUT2D eigenvalue weighted by Crippen LogP contribution is 2.21. The molecule has 1 fully saturated rings. The summed E-state index contributed by atoms with van der Waals surface area (Å²) in [6.07, 6.45) is 0.633. The molecule has 0 bridgehead atoms. The van der Waals surface area contributed by atoms with E-state index in [2.05, 4.69) is 49.2 Å². The van der Waals surface area contributed by atoms with Gasteiger partial charge in [0.05, 0.1) is 0 Å². The molecule has 0 spiro atoms. The minimum absolute atomic E-state index is 0.0232. The molecule has 0 aliphatic carbocycles. The van der Waals surface area contributed by atoms with Crippen molar-refractivity contribution in [3.8, 4) is 0 Å². The first-order valence-corrected chi connectivity index (χ1v) is 10.8. The molecule has 5 nitrogen and oxygen atoms in total. The molecule has 1 atom stereocenters. The molecule has 0 unspecified atom stereocenters. The molecular weight excluding hydrogens is 374 g/mol. The topological polar surface area (TPSA) is 52.7 Å². The summed E-state index contributed by atoms with van der Waals surface area (Å²) >= 11 is 0. The first-order chi connectivity index (χ1) is 14.4. The Kier molecular flexibility index (Phi) is 7.14. The van der Waals surface area contributed by atoms with E-state index >= 15 is 0 Å². The van der Waals surface area contributed by atoms with Crippen LogP contribution in [0.3, 0.4) is 0 Å². The zero-order valence-electron chi connectivity index (χ0n) is 18.5. The monoisotopic (exact) mass is 407 g/mol. The Bertz CT molecular complexity index is 885. The maximum absolute atomic E-state index is 13.3. The summed E-state index contributed by atoms with van der Waals surface area (Å²) < 4.78 is 0. The summed E-state index contributed by atoms with van der Waals surface area (Å²) in [5.74, 6) is 0.157. The molecule has 1 N–H and O–H groups in total. The molecule has 3 rings (SSSR count). The number of rotatable bonds is 6. The Labute approximate surface area is 180 Å². The number of anilines is 1. The van der Waals surface area contributed by atoms with Gasteiger partial charge in [0.25, 0.3) is 5.91 Å². The van der Waals surface area contributed by atoms with Crippen molar-refractivity contribution in [2.45, 2.75) is 40.2 Å². The number of hydrogen-bond donors (Lipinski definition) is 1. The fourth-order valence-corrected chi connectivity index (χ4v) is 4.06. The summed E-state index contributed by atoms with van der Waals surface area (Å²) in [7, 11) is 0. The van der Waals surface area contributed by atoms with Gasteiger partial charge in [-0.2, -0.15) is 0 Å². The second-order valence-corrected chi connectivity index (χ2v) is 8.57. The number of carbonyl (C=O) groups excluding carboxylic acids is 2. The van der Waals surface area contributed by atoms with Crippen molar-refractivity contribution in [2.24, 2.45) is 5.92 Å². The third-order valence-corrected chi connectivity index (χ3v) is 5.75. The van der Waals surface area contributed by atoms with E-state index in [-0.39, 0.29) is 11.8 Å². The maximum atomic E-state index is 13.3. The minimum atomic E-state index is -0.498. The number of aryl methyl sites for hydroxylation is 2. The fourth-order valence-electron chi connectivity index (χ4n) is 4.06. The number of piperazine rings is 1. The van der Waals surface area contributed by atoms with Crippen LogP contribution < -0.4 is 10.2 Å². The van der Waals surface area contributed by atoms with Gasteiger partial charge in [-0.15, -0.1) is 0 Å². The van der Waals surface area contributed by atoms with Crippen LogP contribution in [0.15, 0.2) is 48.5 Å². The number of para-hydroxylation sites is 1. The number of hydrogen-bond acceptors (Lipinski definition) is 3. The van der Waals surface area contributed by atoms with Crippen molar-refractivity contribution in [3.63, 3.8) is 0 Å². The summed E-state index contributed by atoms with van der Waals surface area (Å²) in [5.41, 5.74) is 4.03.